The zero-order chi connectivity index (χ0) is 7.68. The van der Waals surface area contributed by atoms with E-state index in [-0.39, 0.29) is 5.91 Å². The molecule has 0 fully saturated rings. The number of rotatable bonds is 0. The molecular weight excluding hydrogens is 142 g/mol. The number of carbonyl (C=O) groups is 1. The molecule has 0 saturated carbocycles. The standard InChI is InChI=1S/C7H7N3O/c11-7-2-1-5-10-6(9-7)3-4-8-10/h1,3-5H,2H2,(H,9,11). The molecule has 1 N–H and O–H groups in total. The molecule has 4 heteroatoms. The van der Waals surface area contributed by atoms with Crippen LogP contribution in [0, 0.1) is 0 Å². The molecular formula is C7H7N3O. The van der Waals surface area contributed by atoms with E-state index >= 15 is 0 Å². The Morgan fingerprint density at radius 1 is 1.64 bits per heavy atom. The third-order valence-corrected chi connectivity index (χ3v) is 1.49. The second-order valence-electron chi connectivity index (χ2n) is 2.30. The van der Waals surface area contributed by atoms with Crippen molar-refractivity contribution >= 4 is 17.9 Å². The molecule has 2 rings (SSSR count). The van der Waals surface area contributed by atoms with Crippen molar-refractivity contribution in [2.45, 2.75) is 6.42 Å². The number of aromatic nitrogens is 2. The van der Waals surface area contributed by atoms with Crippen LogP contribution in [0.5, 0.6) is 0 Å². The van der Waals surface area contributed by atoms with E-state index in [0.717, 1.165) is 5.82 Å². The molecule has 1 amide bonds. The minimum absolute atomic E-state index is 0.000463. The van der Waals surface area contributed by atoms with Crippen molar-refractivity contribution in [2.24, 2.45) is 0 Å². The number of hydrogen-bond acceptors (Lipinski definition) is 2. The molecule has 0 aromatic carbocycles. The van der Waals surface area contributed by atoms with Crippen LogP contribution in [0.4, 0.5) is 5.82 Å². The Bertz CT molecular complexity index is 313. The van der Waals surface area contributed by atoms with Gasteiger partial charge in [0.2, 0.25) is 5.91 Å². The summed E-state index contributed by atoms with van der Waals surface area (Å²) in [6, 6.07) is 1.76. The second-order valence-corrected chi connectivity index (χ2v) is 2.30. The normalized spacial score (nSPS) is 15.5. The van der Waals surface area contributed by atoms with Gasteiger partial charge in [-0.25, -0.2) is 4.68 Å². The molecule has 0 radical (unpaired) electrons. The van der Waals surface area contributed by atoms with E-state index in [2.05, 4.69) is 10.4 Å². The predicted octanol–water partition coefficient (Wildman–Crippen LogP) is 0.696. The van der Waals surface area contributed by atoms with Gasteiger partial charge in [-0.15, -0.1) is 0 Å². The van der Waals surface area contributed by atoms with Crippen molar-refractivity contribution in [3.63, 3.8) is 0 Å². The van der Waals surface area contributed by atoms with Crippen LogP contribution >= 0.6 is 0 Å². The first-order chi connectivity index (χ1) is 5.36. The maximum atomic E-state index is 10.9. The van der Waals surface area contributed by atoms with Gasteiger partial charge >= 0.3 is 0 Å². The number of hydrogen-bond donors (Lipinski definition) is 1. The highest BCUT2D eigenvalue weighted by molar-refractivity contribution is 5.92. The fourth-order valence-electron chi connectivity index (χ4n) is 0.986. The van der Waals surface area contributed by atoms with Crippen LogP contribution in [0.2, 0.25) is 0 Å². The van der Waals surface area contributed by atoms with Gasteiger partial charge in [0.25, 0.3) is 0 Å². The molecule has 0 atom stereocenters. The van der Waals surface area contributed by atoms with Gasteiger partial charge in [0.05, 0.1) is 6.20 Å². The largest absolute Gasteiger partial charge is 0.310 e. The van der Waals surface area contributed by atoms with E-state index in [4.69, 9.17) is 0 Å². The molecule has 2 heterocycles. The molecule has 1 aromatic heterocycles. The van der Waals surface area contributed by atoms with Crippen molar-refractivity contribution in [3.8, 4) is 0 Å². The van der Waals surface area contributed by atoms with Crippen molar-refractivity contribution < 1.29 is 4.79 Å². The molecule has 0 unspecified atom stereocenters. The van der Waals surface area contributed by atoms with Gasteiger partial charge in [0.1, 0.15) is 5.82 Å². The summed E-state index contributed by atoms with van der Waals surface area (Å²) in [5.74, 6) is 0.726. The Hall–Kier alpha value is -1.58. The number of nitrogens with zero attached hydrogens (tertiary/aromatic N) is 2. The van der Waals surface area contributed by atoms with E-state index in [1.54, 1.807) is 29.2 Å². The lowest BCUT2D eigenvalue weighted by atomic mass is 10.4. The van der Waals surface area contributed by atoms with Crippen LogP contribution in [0.1, 0.15) is 6.42 Å². The molecule has 1 aliphatic rings. The fraction of sp³-hybridized carbons (Fsp3) is 0.143. The number of carbonyl (C=O) groups excluding carboxylic acids is 1. The smallest absolute Gasteiger partial charge is 0.229 e. The summed E-state index contributed by atoms with van der Waals surface area (Å²) in [6.45, 7) is 0. The third-order valence-electron chi connectivity index (χ3n) is 1.49. The van der Waals surface area contributed by atoms with Crippen LogP contribution in [-0.4, -0.2) is 15.7 Å². The highest BCUT2D eigenvalue weighted by atomic mass is 16.1. The maximum absolute atomic E-state index is 10.9. The van der Waals surface area contributed by atoms with Crippen molar-refractivity contribution in [1.82, 2.24) is 9.78 Å². The van der Waals surface area contributed by atoms with E-state index in [1.165, 1.54) is 0 Å². The lowest BCUT2D eigenvalue weighted by Crippen LogP contribution is -2.10. The summed E-state index contributed by atoms with van der Waals surface area (Å²) in [7, 11) is 0. The van der Waals surface area contributed by atoms with E-state index < -0.39 is 0 Å². The SMILES string of the molecule is O=C1CC=Cn2nccc2N1. The van der Waals surface area contributed by atoms with Gasteiger partial charge in [-0.05, 0) is 0 Å². The predicted molar refractivity (Wildman–Crippen MR) is 40.8 cm³/mol. The quantitative estimate of drug-likeness (QED) is 0.590. The van der Waals surface area contributed by atoms with Crippen LogP contribution < -0.4 is 5.32 Å². The second kappa shape index (κ2) is 2.23. The Morgan fingerprint density at radius 2 is 2.55 bits per heavy atom. The monoisotopic (exact) mass is 149 g/mol. The zero-order valence-electron chi connectivity index (χ0n) is 5.82. The van der Waals surface area contributed by atoms with E-state index in [9.17, 15) is 4.79 Å². The molecule has 1 aliphatic heterocycles. The van der Waals surface area contributed by atoms with Gasteiger partial charge in [-0.3, -0.25) is 4.79 Å². The van der Waals surface area contributed by atoms with Gasteiger partial charge in [0, 0.05) is 18.7 Å². The molecule has 56 valence electrons. The number of anilines is 1. The van der Waals surface area contributed by atoms with Crippen LogP contribution in [-0.2, 0) is 4.79 Å². The molecule has 11 heavy (non-hydrogen) atoms. The van der Waals surface area contributed by atoms with Crippen LogP contribution in [0.25, 0.3) is 6.20 Å². The lowest BCUT2D eigenvalue weighted by molar-refractivity contribution is -0.115. The number of fused-ring (bicyclic) bond motifs is 1. The first-order valence-electron chi connectivity index (χ1n) is 3.36. The van der Waals surface area contributed by atoms with Gasteiger partial charge in [-0.1, -0.05) is 6.08 Å². The summed E-state index contributed by atoms with van der Waals surface area (Å²) in [5, 5.41) is 6.67. The van der Waals surface area contributed by atoms with E-state index in [0.29, 0.717) is 6.42 Å². The minimum atomic E-state index is 0.000463. The Morgan fingerprint density at radius 3 is 3.45 bits per heavy atom. The average molecular weight is 149 g/mol. The van der Waals surface area contributed by atoms with Crippen molar-refractivity contribution in [1.29, 1.82) is 0 Å². The highest BCUT2D eigenvalue weighted by Gasteiger charge is 2.06. The van der Waals surface area contributed by atoms with Crippen LogP contribution in [0.3, 0.4) is 0 Å². The third kappa shape index (κ3) is 1.02. The minimum Gasteiger partial charge on any atom is -0.310 e. The first-order valence-corrected chi connectivity index (χ1v) is 3.36. The van der Waals surface area contributed by atoms with E-state index in [1.807, 2.05) is 0 Å². The Balaban J connectivity index is 2.44. The average Bonchev–Trinajstić information content (AvgIpc) is 2.31. The highest BCUT2D eigenvalue weighted by Crippen LogP contribution is 2.10. The maximum Gasteiger partial charge on any atom is 0.229 e. The zero-order valence-corrected chi connectivity index (χ0v) is 5.82. The fourth-order valence-corrected chi connectivity index (χ4v) is 0.986. The van der Waals surface area contributed by atoms with Gasteiger partial charge in [0.15, 0.2) is 0 Å². The number of nitrogens with one attached hydrogen (secondary N) is 1. The summed E-state index contributed by atoms with van der Waals surface area (Å²) >= 11 is 0. The Labute approximate surface area is 63.5 Å². The molecule has 4 nitrogen and oxygen atoms in total. The summed E-state index contributed by atoms with van der Waals surface area (Å²) in [6.07, 6.45) is 5.61. The summed E-state index contributed by atoms with van der Waals surface area (Å²) < 4.78 is 1.63. The lowest BCUT2D eigenvalue weighted by Gasteiger charge is -1.98. The summed E-state index contributed by atoms with van der Waals surface area (Å²) in [4.78, 5) is 10.9. The Kier molecular flexibility index (Phi) is 1.25. The molecule has 1 aromatic rings. The van der Waals surface area contributed by atoms with Gasteiger partial charge < -0.3 is 5.32 Å². The molecule has 0 aliphatic carbocycles. The first kappa shape index (κ1) is 6.15. The number of amides is 1. The van der Waals surface area contributed by atoms with Crippen molar-refractivity contribution in [3.05, 3.63) is 18.3 Å². The molecule has 0 spiro atoms. The van der Waals surface area contributed by atoms with Crippen LogP contribution in [0.15, 0.2) is 18.3 Å². The topological polar surface area (TPSA) is 46.9 Å². The summed E-state index contributed by atoms with van der Waals surface area (Å²) in [5.41, 5.74) is 0. The molecule has 0 saturated heterocycles. The molecule has 0 bridgehead atoms. The van der Waals surface area contributed by atoms with Gasteiger partial charge in [-0.2, -0.15) is 5.10 Å². The van der Waals surface area contributed by atoms with Crippen molar-refractivity contribution in [2.75, 3.05) is 5.32 Å².